The van der Waals surface area contributed by atoms with Gasteiger partial charge in [-0.2, -0.15) is 0 Å². The number of fused-ring (bicyclic) bond motifs is 2. The van der Waals surface area contributed by atoms with E-state index in [1.807, 2.05) is 43.3 Å². The van der Waals surface area contributed by atoms with Gasteiger partial charge in [0.25, 0.3) is 0 Å². The maximum Gasteiger partial charge on any atom is 0.232 e. The molecular weight excluding hydrogens is 364 g/mol. The maximum absolute atomic E-state index is 12.5. The molecule has 1 N–H and O–H groups in total. The number of amides is 1. The lowest BCUT2D eigenvalue weighted by molar-refractivity contribution is -0.120. The van der Waals surface area contributed by atoms with Crippen molar-refractivity contribution >= 4 is 59.3 Å². The van der Waals surface area contributed by atoms with E-state index >= 15 is 0 Å². The first-order valence-electron chi connectivity index (χ1n) is 8.45. The molecule has 0 radical (unpaired) electrons. The molecule has 0 saturated carbocycles. The van der Waals surface area contributed by atoms with Gasteiger partial charge in [0, 0.05) is 13.1 Å². The standard InChI is InChI=1S/C19H16N4OS2/c1-11-5-4-8-15-16(11)21-18(25-15)22-17(24)12-9-23(10-12)19-20-13-6-2-3-7-14(13)26-19/h2-8,12H,9-10H2,1H3,(H,21,22,24). The summed E-state index contributed by atoms with van der Waals surface area (Å²) in [6.45, 7) is 3.45. The van der Waals surface area contributed by atoms with E-state index in [4.69, 9.17) is 0 Å². The molecule has 0 spiro atoms. The lowest BCUT2D eigenvalue weighted by Gasteiger charge is -2.37. The Morgan fingerprint density at radius 1 is 1.08 bits per heavy atom. The summed E-state index contributed by atoms with van der Waals surface area (Å²) >= 11 is 3.20. The van der Waals surface area contributed by atoms with E-state index in [0.29, 0.717) is 18.2 Å². The van der Waals surface area contributed by atoms with Crippen LogP contribution in [0.5, 0.6) is 0 Å². The number of carbonyl (C=O) groups is 1. The molecule has 0 unspecified atom stereocenters. The number of hydrogen-bond donors (Lipinski definition) is 1. The van der Waals surface area contributed by atoms with Crippen LogP contribution in [-0.2, 0) is 4.79 Å². The molecule has 7 heteroatoms. The quantitative estimate of drug-likeness (QED) is 0.576. The van der Waals surface area contributed by atoms with E-state index in [1.54, 1.807) is 11.3 Å². The number of carbonyl (C=O) groups excluding carboxylic acids is 1. The van der Waals surface area contributed by atoms with Gasteiger partial charge in [0.1, 0.15) is 0 Å². The molecule has 1 amide bonds. The smallest absolute Gasteiger partial charge is 0.232 e. The van der Waals surface area contributed by atoms with Gasteiger partial charge in [-0.25, -0.2) is 9.97 Å². The number of rotatable bonds is 3. The predicted octanol–water partition coefficient (Wildman–Crippen LogP) is 4.29. The minimum atomic E-state index is -0.0184. The normalized spacial score (nSPS) is 14.7. The number of nitrogens with one attached hydrogen (secondary N) is 1. The third-order valence-electron chi connectivity index (χ3n) is 4.66. The topological polar surface area (TPSA) is 58.1 Å². The first-order valence-corrected chi connectivity index (χ1v) is 10.1. The van der Waals surface area contributed by atoms with E-state index in [2.05, 4.69) is 26.3 Å². The second-order valence-electron chi connectivity index (χ2n) is 6.50. The summed E-state index contributed by atoms with van der Waals surface area (Å²) in [4.78, 5) is 23.9. The van der Waals surface area contributed by atoms with Crippen LogP contribution in [-0.4, -0.2) is 29.0 Å². The van der Waals surface area contributed by atoms with Gasteiger partial charge in [0.2, 0.25) is 5.91 Å². The highest BCUT2D eigenvalue weighted by molar-refractivity contribution is 7.22. The fourth-order valence-corrected chi connectivity index (χ4v) is 5.07. The Hall–Kier alpha value is -2.51. The number of thiazole rings is 2. The molecule has 1 aliphatic rings. The van der Waals surface area contributed by atoms with Crippen LogP contribution < -0.4 is 10.2 Å². The predicted molar refractivity (Wildman–Crippen MR) is 108 cm³/mol. The van der Waals surface area contributed by atoms with Gasteiger partial charge in [-0.1, -0.05) is 46.9 Å². The monoisotopic (exact) mass is 380 g/mol. The Morgan fingerprint density at radius 3 is 2.69 bits per heavy atom. The summed E-state index contributed by atoms with van der Waals surface area (Å²) in [5.41, 5.74) is 3.12. The van der Waals surface area contributed by atoms with Crippen LogP contribution in [0.4, 0.5) is 10.3 Å². The largest absolute Gasteiger partial charge is 0.346 e. The number of nitrogens with zero attached hydrogens (tertiary/aromatic N) is 3. The van der Waals surface area contributed by atoms with Crippen molar-refractivity contribution in [2.75, 3.05) is 23.3 Å². The fourth-order valence-electron chi connectivity index (χ4n) is 3.14. The number of para-hydroxylation sites is 2. The SMILES string of the molecule is Cc1cccc2sc(NC(=O)C3CN(c4nc5ccccc5s4)C3)nc12. The van der Waals surface area contributed by atoms with E-state index < -0.39 is 0 Å². The van der Waals surface area contributed by atoms with E-state index in [1.165, 1.54) is 16.0 Å². The summed E-state index contributed by atoms with van der Waals surface area (Å²) in [6.07, 6.45) is 0. The third-order valence-corrected chi connectivity index (χ3v) is 6.69. The molecule has 2 aromatic carbocycles. The molecule has 1 aliphatic heterocycles. The van der Waals surface area contributed by atoms with Crippen molar-refractivity contribution in [1.82, 2.24) is 9.97 Å². The van der Waals surface area contributed by atoms with Crippen LogP contribution in [0.1, 0.15) is 5.56 Å². The highest BCUT2D eigenvalue weighted by atomic mass is 32.1. The molecule has 5 rings (SSSR count). The van der Waals surface area contributed by atoms with Crippen molar-refractivity contribution in [3.05, 3.63) is 48.0 Å². The number of benzene rings is 2. The molecule has 4 aromatic rings. The third kappa shape index (κ3) is 2.64. The molecule has 0 aliphatic carbocycles. The molecule has 130 valence electrons. The summed E-state index contributed by atoms with van der Waals surface area (Å²) in [7, 11) is 0. The van der Waals surface area contributed by atoms with Gasteiger partial charge in [0.15, 0.2) is 10.3 Å². The number of aryl methyl sites for hydroxylation is 1. The average Bonchev–Trinajstić information content (AvgIpc) is 3.17. The summed E-state index contributed by atoms with van der Waals surface area (Å²) < 4.78 is 2.28. The Bertz CT molecular complexity index is 1090. The van der Waals surface area contributed by atoms with Gasteiger partial charge in [-0.3, -0.25) is 4.79 Å². The van der Waals surface area contributed by atoms with Crippen LogP contribution in [0, 0.1) is 12.8 Å². The number of aromatic nitrogens is 2. The molecule has 0 atom stereocenters. The molecule has 2 aromatic heterocycles. The lowest BCUT2D eigenvalue weighted by Crippen LogP contribution is -2.52. The first-order chi connectivity index (χ1) is 12.7. The first kappa shape index (κ1) is 15.7. The zero-order valence-electron chi connectivity index (χ0n) is 14.1. The zero-order valence-corrected chi connectivity index (χ0v) is 15.7. The van der Waals surface area contributed by atoms with E-state index in [0.717, 1.165) is 26.4 Å². The average molecular weight is 380 g/mol. The van der Waals surface area contributed by atoms with Crippen LogP contribution in [0.15, 0.2) is 42.5 Å². The molecule has 0 bridgehead atoms. The van der Waals surface area contributed by atoms with Crippen molar-refractivity contribution in [1.29, 1.82) is 0 Å². The van der Waals surface area contributed by atoms with Crippen LogP contribution in [0.3, 0.4) is 0 Å². The summed E-state index contributed by atoms with van der Waals surface area (Å²) in [6, 6.07) is 14.2. The van der Waals surface area contributed by atoms with Gasteiger partial charge < -0.3 is 10.2 Å². The zero-order chi connectivity index (χ0) is 17.7. The summed E-state index contributed by atoms with van der Waals surface area (Å²) in [5, 5.41) is 4.65. The van der Waals surface area contributed by atoms with Crippen molar-refractivity contribution in [2.45, 2.75) is 6.92 Å². The van der Waals surface area contributed by atoms with Gasteiger partial charge in [-0.05, 0) is 30.7 Å². The lowest BCUT2D eigenvalue weighted by atomic mass is 10.0. The summed E-state index contributed by atoms with van der Waals surface area (Å²) in [5.74, 6) is 0.0224. The van der Waals surface area contributed by atoms with Crippen molar-refractivity contribution in [3.8, 4) is 0 Å². The maximum atomic E-state index is 12.5. The molecular formula is C19H16N4OS2. The van der Waals surface area contributed by atoms with Crippen molar-refractivity contribution in [2.24, 2.45) is 5.92 Å². The molecule has 1 saturated heterocycles. The van der Waals surface area contributed by atoms with Crippen molar-refractivity contribution in [3.63, 3.8) is 0 Å². The molecule has 3 heterocycles. The highest BCUT2D eigenvalue weighted by Crippen LogP contribution is 2.34. The Kier molecular flexibility index (Phi) is 3.65. The minimum absolute atomic E-state index is 0.0184. The van der Waals surface area contributed by atoms with E-state index in [9.17, 15) is 4.79 Å². The fraction of sp³-hybridized carbons (Fsp3) is 0.211. The Balaban J connectivity index is 1.26. The van der Waals surface area contributed by atoms with Crippen LogP contribution in [0.2, 0.25) is 0 Å². The van der Waals surface area contributed by atoms with E-state index in [-0.39, 0.29) is 11.8 Å². The second kappa shape index (κ2) is 6.03. The van der Waals surface area contributed by atoms with Crippen molar-refractivity contribution < 1.29 is 4.79 Å². The van der Waals surface area contributed by atoms with Gasteiger partial charge >= 0.3 is 0 Å². The van der Waals surface area contributed by atoms with Gasteiger partial charge in [-0.15, -0.1) is 0 Å². The second-order valence-corrected chi connectivity index (χ2v) is 8.54. The highest BCUT2D eigenvalue weighted by Gasteiger charge is 2.34. The number of anilines is 2. The molecule has 1 fully saturated rings. The Morgan fingerprint density at radius 2 is 1.88 bits per heavy atom. The number of hydrogen-bond acceptors (Lipinski definition) is 6. The minimum Gasteiger partial charge on any atom is -0.346 e. The van der Waals surface area contributed by atoms with Crippen LogP contribution in [0.25, 0.3) is 20.4 Å². The van der Waals surface area contributed by atoms with Gasteiger partial charge in [0.05, 0.1) is 26.4 Å². The Labute approximate surface area is 158 Å². The molecule has 26 heavy (non-hydrogen) atoms. The molecule has 5 nitrogen and oxygen atoms in total. The van der Waals surface area contributed by atoms with Crippen LogP contribution >= 0.6 is 22.7 Å².